The van der Waals surface area contributed by atoms with Crippen LogP contribution in [0.4, 0.5) is 0 Å². The van der Waals surface area contributed by atoms with E-state index in [4.69, 9.17) is 28.9 Å². The fourth-order valence-corrected chi connectivity index (χ4v) is 2.51. The molecule has 0 radical (unpaired) electrons. The van der Waals surface area contributed by atoms with Crippen molar-refractivity contribution in [3.63, 3.8) is 0 Å². The Morgan fingerprint density at radius 2 is 2.07 bits per heavy atom. The number of hydrogen-bond donors (Lipinski definition) is 1. The van der Waals surface area contributed by atoms with Gasteiger partial charge in [-0.25, -0.2) is 0 Å². The van der Waals surface area contributed by atoms with Crippen molar-refractivity contribution < 1.29 is 0 Å². The zero-order chi connectivity index (χ0) is 10.4. The van der Waals surface area contributed by atoms with E-state index in [1.807, 2.05) is 12.1 Å². The third kappa shape index (κ3) is 1.44. The Labute approximate surface area is 94.2 Å². The predicted molar refractivity (Wildman–Crippen MR) is 60.7 cm³/mol. The van der Waals surface area contributed by atoms with Crippen molar-refractivity contribution in [3.8, 4) is 0 Å². The summed E-state index contributed by atoms with van der Waals surface area (Å²) in [6, 6.07) is 8.17. The highest BCUT2D eigenvalue weighted by Crippen LogP contribution is 2.64. The van der Waals surface area contributed by atoms with Crippen molar-refractivity contribution in [3.05, 3.63) is 35.4 Å². The molecule has 0 spiro atoms. The molecule has 1 nitrogen and oxygen atoms in total. The Kier molecular flexibility index (Phi) is 2.30. The van der Waals surface area contributed by atoms with Crippen LogP contribution in [0.1, 0.15) is 24.5 Å². The zero-order valence-corrected chi connectivity index (χ0v) is 9.57. The maximum atomic E-state index is 6.11. The topological polar surface area (TPSA) is 26.0 Å². The van der Waals surface area contributed by atoms with Gasteiger partial charge in [0.1, 0.15) is 4.33 Å². The van der Waals surface area contributed by atoms with E-state index in [1.165, 1.54) is 5.56 Å². The summed E-state index contributed by atoms with van der Waals surface area (Å²) in [6.07, 6.45) is 0.817. The van der Waals surface area contributed by atoms with Crippen LogP contribution in [0.25, 0.3) is 0 Å². The van der Waals surface area contributed by atoms with Gasteiger partial charge in [-0.3, -0.25) is 0 Å². The molecule has 1 fully saturated rings. The number of rotatable bonds is 2. The highest BCUT2D eigenvalue weighted by atomic mass is 35.5. The first-order chi connectivity index (χ1) is 6.49. The summed E-state index contributed by atoms with van der Waals surface area (Å²) < 4.78 is -0.597. The summed E-state index contributed by atoms with van der Waals surface area (Å²) in [5, 5.41) is 0. The molecule has 1 aromatic rings. The molecule has 3 heteroatoms. The number of nitrogens with two attached hydrogens (primary N) is 1. The molecule has 76 valence electrons. The molecule has 1 aliphatic carbocycles. The van der Waals surface area contributed by atoms with Gasteiger partial charge in [-0.1, -0.05) is 31.2 Å². The van der Waals surface area contributed by atoms with Gasteiger partial charge < -0.3 is 5.73 Å². The van der Waals surface area contributed by atoms with Crippen LogP contribution in [0.2, 0.25) is 0 Å². The van der Waals surface area contributed by atoms with E-state index >= 15 is 0 Å². The van der Waals surface area contributed by atoms with Crippen LogP contribution in [0.5, 0.6) is 0 Å². The van der Waals surface area contributed by atoms with Crippen molar-refractivity contribution in [1.82, 2.24) is 0 Å². The minimum Gasteiger partial charge on any atom is -0.326 e. The van der Waals surface area contributed by atoms with Crippen LogP contribution >= 0.6 is 23.2 Å². The van der Waals surface area contributed by atoms with Gasteiger partial charge in [0, 0.05) is 12.0 Å². The summed E-state index contributed by atoms with van der Waals surface area (Å²) in [5.74, 6) is 0. The zero-order valence-electron chi connectivity index (χ0n) is 8.06. The van der Waals surface area contributed by atoms with Gasteiger partial charge in [0.2, 0.25) is 0 Å². The molecule has 0 bridgehead atoms. The number of alkyl halides is 2. The van der Waals surface area contributed by atoms with Gasteiger partial charge in [0.05, 0.1) is 0 Å². The maximum Gasteiger partial charge on any atom is 0.128 e. The second kappa shape index (κ2) is 3.13. The summed E-state index contributed by atoms with van der Waals surface area (Å²) >= 11 is 12.2. The Hall–Kier alpha value is -0.240. The Bertz CT molecular complexity index is 362. The van der Waals surface area contributed by atoms with E-state index in [0.717, 1.165) is 12.0 Å². The molecule has 0 heterocycles. The van der Waals surface area contributed by atoms with Gasteiger partial charge in [0.15, 0.2) is 0 Å². The molecular weight excluding hydrogens is 217 g/mol. The molecule has 0 saturated heterocycles. The lowest BCUT2D eigenvalue weighted by Crippen LogP contribution is -2.10. The summed E-state index contributed by atoms with van der Waals surface area (Å²) in [4.78, 5) is 0. The van der Waals surface area contributed by atoms with Crippen LogP contribution < -0.4 is 5.73 Å². The Morgan fingerprint density at radius 1 is 1.43 bits per heavy atom. The van der Waals surface area contributed by atoms with E-state index in [9.17, 15) is 0 Å². The SMILES string of the molecule is CC1(c2cccc(CN)c2)CC1(Cl)Cl. The molecule has 1 unspecified atom stereocenters. The van der Waals surface area contributed by atoms with Gasteiger partial charge in [-0.05, 0) is 17.5 Å². The molecule has 2 N–H and O–H groups in total. The average Bonchev–Trinajstić information content (AvgIpc) is 2.68. The van der Waals surface area contributed by atoms with E-state index in [0.29, 0.717) is 6.54 Å². The number of hydrogen-bond acceptors (Lipinski definition) is 1. The first kappa shape index (κ1) is 10.3. The lowest BCUT2D eigenvalue weighted by atomic mass is 9.96. The second-order valence-corrected chi connectivity index (χ2v) is 5.60. The van der Waals surface area contributed by atoms with Gasteiger partial charge >= 0.3 is 0 Å². The standard InChI is InChI=1S/C11H13Cl2N/c1-10(7-11(10,12)13)9-4-2-3-8(5-9)6-14/h2-5H,6-7,14H2,1H3. The van der Waals surface area contributed by atoms with Gasteiger partial charge in [-0.2, -0.15) is 0 Å². The monoisotopic (exact) mass is 229 g/mol. The van der Waals surface area contributed by atoms with E-state index in [1.54, 1.807) is 0 Å². The molecule has 0 amide bonds. The lowest BCUT2D eigenvalue weighted by Gasteiger charge is -2.13. The fourth-order valence-electron chi connectivity index (χ4n) is 1.75. The fraction of sp³-hybridized carbons (Fsp3) is 0.455. The molecule has 1 atom stereocenters. The predicted octanol–water partition coefficient (Wildman–Crippen LogP) is 2.98. The molecule has 1 aliphatic rings. The van der Waals surface area contributed by atoms with Gasteiger partial charge in [-0.15, -0.1) is 23.2 Å². The third-order valence-electron chi connectivity index (χ3n) is 3.06. The smallest absolute Gasteiger partial charge is 0.128 e. The van der Waals surface area contributed by atoms with E-state index < -0.39 is 4.33 Å². The van der Waals surface area contributed by atoms with Crippen LogP contribution in [0.15, 0.2) is 24.3 Å². The minimum absolute atomic E-state index is 0.0959. The highest BCUT2D eigenvalue weighted by molar-refractivity contribution is 6.52. The molecule has 14 heavy (non-hydrogen) atoms. The number of halogens is 2. The molecule has 2 rings (SSSR count). The maximum absolute atomic E-state index is 6.11. The number of benzene rings is 1. The molecule has 0 aliphatic heterocycles. The van der Waals surface area contributed by atoms with Crippen LogP contribution in [-0.4, -0.2) is 4.33 Å². The first-order valence-corrected chi connectivity index (χ1v) is 5.42. The van der Waals surface area contributed by atoms with Crippen molar-refractivity contribution in [2.75, 3.05) is 0 Å². The summed E-state index contributed by atoms with van der Waals surface area (Å²) in [5.41, 5.74) is 7.80. The molecular formula is C11H13Cl2N. The van der Waals surface area contributed by atoms with Crippen LogP contribution in [0.3, 0.4) is 0 Å². The van der Waals surface area contributed by atoms with Crippen molar-refractivity contribution >= 4 is 23.2 Å². The largest absolute Gasteiger partial charge is 0.326 e. The second-order valence-electron chi connectivity index (χ2n) is 4.12. The molecule has 1 saturated carbocycles. The lowest BCUT2D eigenvalue weighted by molar-refractivity contribution is 0.771. The summed E-state index contributed by atoms with van der Waals surface area (Å²) in [6.45, 7) is 2.64. The van der Waals surface area contributed by atoms with E-state index in [2.05, 4.69) is 19.1 Å². The summed E-state index contributed by atoms with van der Waals surface area (Å²) in [7, 11) is 0. The molecule has 1 aromatic carbocycles. The molecule has 0 aromatic heterocycles. The van der Waals surface area contributed by atoms with Crippen molar-refractivity contribution in [2.45, 2.75) is 29.6 Å². The highest BCUT2D eigenvalue weighted by Gasteiger charge is 2.63. The van der Waals surface area contributed by atoms with Gasteiger partial charge in [0.25, 0.3) is 0 Å². The van der Waals surface area contributed by atoms with Crippen molar-refractivity contribution in [1.29, 1.82) is 0 Å². The quantitative estimate of drug-likeness (QED) is 0.776. The minimum atomic E-state index is -0.597. The Morgan fingerprint density at radius 3 is 2.57 bits per heavy atom. The normalized spacial score (nSPS) is 28.9. The van der Waals surface area contributed by atoms with E-state index in [-0.39, 0.29) is 5.41 Å². The van der Waals surface area contributed by atoms with Crippen LogP contribution in [0, 0.1) is 0 Å². The average molecular weight is 230 g/mol. The van der Waals surface area contributed by atoms with Crippen molar-refractivity contribution in [2.24, 2.45) is 5.73 Å². The third-order valence-corrected chi connectivity index (χ3v) is 4.16. The Balaban J connectivity index is 2.34. The van der Waals surface area contributed by atoms with Crippen LogP contribution in [-0.2, 0) is 12.0 Å². The first-order valence-electron chi connectivity index (χ1n) is 4.67.